The highest BCUT2D eigenvalue weighted by Gasteiger charge is 2.28. The molecular formula is C20H16N6OS. The highest BCUT2D eigenvalue weighted by Crippen LogP contribution is 2.40. The first-order chi connectivity index (χ1) is 13.8. The van der Waals surface area contributed by atoms with Crippen molar-refractivity contribution >= 4 is 17.4 Å². The lowest BCUT2D eigenvalue weighted by Crippen LogP contribution is -2.17. The van der Waals surface area contributed by atoms with Gasteiger partial charge in [-0.25, -0.2) is 0 Å². The minimum Gasteiger partial charge on any atom is -0.448 e. The van der Waals surface area contributed by atoms with Crippen molar-refractivity contribution in [3.8, 4) is 28.4 Å². The number of hydrogen-bond acceptors (Lipinski definition) is 7. The van der Waals surface area contributed by atoms with E-state index in [9.17, 15) is 0 Å². The van der Waals surface area contributed by atoms with E-state index in [1.165, 1.54) is 11.8 Å². The molecule has 5 rings (SSSR count). The second kappa shape index (κ2) is 6.97. The van der Waals surface area contributed by atoms with E-state index < -0.39 is 6.23 Å². The predicted octanol–water partition coefficient (Wildman–Crippen LogP) is 4.15. The molecule has 0 fully saturated rings. The Balaban J connectivity index is 1.64. The number of rotatable bonds is 3. The van der Waals surface area contributed by atoms with Crippen molar-refractivity contribution in [3.63, 3.8) is 0 Å². The van der Waals surface area contributed by atoms with Gasteiger partial charge in [0, 0.05) is 16.8 Å². The summed E-state index contributed by atoms with van der Waals surface area (Å²) in [7, 11) is 0. The van der Waals surface area contributed by atoms with E-state index in [-0.39, 0.29) is 0 Å². The van der Waals surface area contributed by atoms with Crippen LogP contribution >= 0.6 is 11.8 Å². The van der Waals surface area contributed by atoms with Gasteiger partial charge in [-0.15, -0.1) is 10.2 Å². The van der Waals surface area contributed by atoms with Crippen LogP contribution in [-0.2, 0) is 0 Å². The molecule has 0 bridgehead atoms. The third-order valence-corrected chi connectivity index (χ3v) is 5.07. The zero-order valence-corrected chi connectivity index (χ0v) is 15.8. The number of anilines is 1. The molecule has 28 heavy (non-hydrogen) atoms. The largest absolute Gasteiger partial charge is 0.448 e. The van der Waals surface area contributed by atoms with E-state index in [2.05, 4.69) is 30.7 Å². The van der Waals surface area contributed by atoms with Gasteiger partial charge in [0.05, 0.1) is 17.5 Å². The van der Waals surface area contributed by atoms with Gasteiger partial charge < -0.3 is 10.1 Å². The van der Waals surface area contributed by atoms with Gasteiger partial charge in [0.2, 0.25) is 17.3 Å². The van der Waals surface area contributed by atoms with Crippen molar-refractivity contribution < 1.29 is 4.74 Å². The Bertz CT molecular complexity index is 1130. The molecule has 2 aromatic carbocycles. The Morgan fingerprint density at radius 3 is 2.68 bits per heavy atom. The molecule has 7 nitrogen and oxygen atoms in total. The molecule has 0 saturated heterocycles. The van der Waals surface area contributed by atoms with E-state index in [4.69, 9.17) is 4.74 Å². The lowest BCUT2D eigenvalue weighted by Gasteiger charge is -2.19. The summed E-state index contributed by atoms with van der Waals surface area (Å²) < 4.78 is 6.29. The van der Waals surface area contributed by atoms with Crippen molar-refractivity contribution in [1.82, 2.24) is 25.4 Å². The zero-order valence-electron chi connectivity index (χ0n) is 15.0. The lowest BCUT2D eigenvalue weighted by atomic mass is 10.1. The summed E-state index contributed by atoms with van der Waals surface area (Å²) in [5, 5.41) is 19.9. The van der Waals surface area contributed by atoms with Crippen molar-refractivity contribution in [2.24, 2.45) is 0 Å². The molecule has 0 unspecified atom stereocenters. The number of fused-ring (bicyclic) bond motifs is 3. The molecule has 1 atom stereocenters. The van der Waals surface area contributed by atoms with Gasteiger partial charge in [0.1, 0.15) is 0 Å². The van der Waals surface area contributed by atoms with Crippen LogP contribution in [0.1, 0.15) is 11.8 Å². The second-order valence-corrected chi connectivity index (χ2v) is 6.98. The highest BCUT2D eigenvalue weighted by molar-refractivity contribution is 7.98. The monoisotopic (exact) mass is 388 g/mol. The molecule has 8 heteroatoms. The fourth-order valence-electron chi connectivity index (χ4n) is 3.20. The molecule has 1 aliphatic rings. The Morgan fingerprint density at radius 2 is 1.82 bits per heavy atom. The first kappa shape index (κ1) is 16.8. The molecule has 0 amide bonds. The molecule has 138 valence electrons. The summed E-state index contributed by atoms with van der Waals surface area (Å²) in [6, 6.07) is 17.9. The van der Waals surface area contributed by atoms with Crippen LogP contribution in [0.15, 0.2) is 66.0 Å². The second-order valence-electron chi connectivity index (χ2n) is 6.21. The number of benzene rings is 2. The van der Waals surface area contributed by atoms with E-state index in [1.807, 2.05) is 60.9 Å². The van der Waals surface area contributed by atoms with Gasteiger partial charge >= 0.3 is 0 Å². The van der Waals surface area contributed by atoms with E-state index >= 15 is 0 Å². The third kappa shape index (κ3) is 2.87. The number of aromatic nitrogens is 5. The third-order valence-electron chi connectivity index (χ3n) is 4.53. The molecule has 3 heterocycles. The Kier molecular flexibility index (Phi) is 4.17. The molecule has 1 aliphatic heterocycles. The van der Waals surface area contributed by atoms with Crippen molar-refractivity contribution in [3.05, 3.63) is 66.4 Å². The molecule has 2 aromatic heterocycles. The molecule has 4 aromatic rings. The fraction of sp³-hybridized carbons (Fsp3) is 0.100. The van der Waals surface area contributed by atoms with Crippen LogP contribution in [0.4, 0.5) is 5.69 Å². The molecule has 0 radical (unpaired) electrons. The number of thioether (sulfide) groups is 1. The van der Waals surface area contributed by atoms with Crippen LogP contribution in [0.5, 0.6) is 5.88 Å². The van der Waals surface area contributed by atoms with Gasteiger partial charge in [-0.05, 0) is 12.3 Å². The summed E-state index contributed by atoms with van der Waals surface area (Å²) in [6.45, 7) is 0. The quantitative estimate of drug-likeness (QED) is 0.510. The van der Waals surface area contributed by atoms with Crippen LogP contribution in [-0.4, -0.2) is 31.6 Å². The molecule has 2 N–H and O–H groups in total. The topological polar surface area (TPSA) is 88.6 Å². The number of nitrogens with zero attached hydrogens (tertiary/aromatic N) is 4. The van der Waals surface area contributed by atoms with Gasteiger partial charge in [-0.2, -0.15) is 10.1 Å². The maximum atomic E-state index is 6.29. The van der Waals surface area contributed by atoms with Crippen LogP contribution in [0.2, 0.25) is 0 Å². The van der Waals surface area contributed by atoms with Gasteiger partial charge in [0.25, 0.3) is 0 Å². The number of H-pyrrole nitrogens is 1. The summed E-state index contributed by atoms with van der Waals surface area (Å²) in [5.74, 6) is 0.446. The minimum atomic E-state index is -0.484. The van der Waals surface area contributed by atoms with Crippen LogP contribution in [0.3, 0.4) is 0 Å². The van der Waals surface area contributed by atoms with Crippen molar-refractivity contribution in [2.75, 3.05) is 11.6 Å². The molecule has 0 spiro atoms. The number of para-hydroxylation sites is 1. The maximum Gasteiger partial charge on any atom is 0.247 e. The standard InChI is InChI=1S/C20H16N6OS/c1-28-20-23-19-17(25-26-20)13-9-5-6-10-15(13)22-18(27-19)14-11-21-24-16(14)12-7-3-2-4-8-12/h2-11,18,22H,1H3,(H,21,24)/t18-/m0/s1. The first-order valence-corrected chi connectivity index (χ1v) is 9.96. The summed E-state index contributed by atoms with van der Waals surface area (Å²) in [4.78, 5) is 4.55. The Morgan fingerprint density at radius 1 is 1.00 bits per heavy atom. The average Bonchev–Trinajstić information content (AvgIpc) is 3.18. The normalized spacial score (nSPS) is 15.0. The molecular weight excluding hydrogens is 372 g/mol. The van der Waals surface area contributed by atoms with E-state index in [0.717, 1.165) is 28.1 Å². The summed E-state index contributed by atoms with van der Waals surface area (Å²) in [5.41, 5.74) is 5.23. The molecule has 0 aliphatic carbocycles. The Hall–Kier alpha value is -3.39. The van der Waals surface area contributed by atoms with Gasteiger partial charge in [0.15, 0.2) is 5.69 Å². The number of ether oxygens (including phenoxy) is 1. The number of hydrogen-bond donors (Lipinski definition) is 2. The van der Waals surface area contributed by atoms with Crippen LogP contribution in [0, 0.1) is 0 Å². The van der Waals surface area contributed by atoms with Gasteiger partial charge in [-0.1, -0.05) is 60.3 Å². The van der Waals surface area contributed by atoms with Crippen molar-refractivity contribution in [2.45, 2.75) is 11.4 Å². The SMILES string of the molecule is CSc1nnc2c(n1)O[C@@H](c1cn[nH]c1-c1ccccc1)Nc1ccccc1-2. The van der Waals surface area contributed by atoms with Crippen molar-refractivity contribution in [1.29, 1.82) is 0 Å². The van der Waals surface area contributed by atoms with Crippen LogP contribution in [0.25, 0.3) is 22.5 Å². The van der Waals surface area contributed by atoms with E-state index in [0.29, 0.717) is 16.7 Å². The first-order valence-electron chi connectivity index (χ1n) is 8.73. The summed E-state index contributed by atoms with van der Waals surface area (Å²) >= 11 is 1.42. The molecule has 0 saturated carbocycles. The summed E-state index contributed by atoms with van der Waals surface area (Å²) in [6.07, 6.45) is 3.20. The number of aromatic amines is 1. The number of nitrogens with one attached hydrogen (secondary N) is 2. The predicted molar refractivity (Wildman–Crippen MR) is 108 cm³/mol. The zero-order chi connectivity index (χ0) is 18.9. The highest BCUT2D eigenvalue weighted by atomic mass is 32.2. The van der Waals surface area contributed by atoms with E-state index in [1.54, 1.807) is 6.20 Å². The lowest BCUT2D eigenvalue weighted by molar-refractivity contribution is 0.226. The minimum absolute atomic E-state index is 0.446. The van der Waals surface area contributed by atoms with Crippen LogP contribution < -0.4 is 10.1 Å². The van der Waals surface area contributed by atoms with Gasteiger partial charge in [-0.3, -0.25) is 5.10 Å². The Labute approximate surface area is 165 Å². The smallest absolute Gasteiger partial charge is 0.247 e. The maximum absolute atomic E-state index is 6.29. The average molecular weight is 388 g/mol. The fourth-order valence-corrected chi connectivity index (χ4v) is 3.50.